The molecule has 0 aliphatic carbocycles. The van der Waals surface area contributed by atoms with Gasteiger partial charge in [-0.05, 0) is 40.8 Å². The zero-order valence-electron chi connectivity index (χ0n) is 20.1. The van der Waals surface area contributed by atoms with E-state index < -0.39 is 6.04 Å². The highest BCUT2D eigenvalue weighted by Crippen LogP contribution is 2.33. The van der Waals surface area contributed by atoms with Crippen LogP contribution in [0, 0.1) is 0 Å². The van der Waals surface area contributed by atoms with Crippen LogP contribution in [0.25, 0.3) is 11.3 Å². The van der Waals surface area contributed by atoms with Crippen molar-refractivity contribution in [3.63, 3.8) is 0 Å². The first kappa shape index (κ1) is 23.5. The molecule has 2 heterocycles. The maximum atomic E-state index is 13.7. The second-order valence-electron chi connectivity index (χ2n) is 9.09. The number of fused-ring (bicyclic) bond motifs is 1. The Morgan fingerprint density at radius 2 is 1.72 bits per heavy atom. The summed E-state index contributed by atoms with van der Waals surface area (Å²) in [5, 5.41) is 2.61. The molecule has 2 amide bonds. The standard InChI is InChI=1S/C29H29N5O2/c1-31-28(35)21-13-11-19(12-14-21)15-24(30)29(36)34-18-23-10-6-5-9-22(23)16-26(34)27-32-17-25(33-27)20-7-3-2-4-8-20/h2-14,17,24,26H,15-16,18,30H2,1H3,(H,31,35)(H,32,33)/t24-,26-/m0/s1. The molecule has 0 bridgehead atoms. The molecule has 1 aliphatic heterocycles. The van der Waals surface area contributed by atoms with Gasteiger partial charge < -0.3 is 20.9 Å². The summed E-state index contributed by atoms with van der Waals surface area (Å²) in [6.07, 6.45) is 2.87. The Bertz CT molecular complexity index is 1360. The molecule has 0 saturated carbocycles. The molecule has 5 rings (SSSR count). The molecule has 36 heavy (non-hydrogen) atoms. The van der Waals surface area contributed by atoms with E-state index in [2.05, 4.69) is 27.4 Å². The first-order valence-corrected chi connectivity index (χ1v) is 12.1. The van der Waals surface area contributed by atoms with Crippen LogP contribution in [0.3, 0.4) is 0 Å². The number of nitrogens with two attached hydrogens (primary N) is 1. The molecule has 0 radical (unpaired) electrons. The Labute approximate surface area is 210 Å². The molecule has 3 aromatic carbocycles. The number of imidazole rings is 1. The van der Waals surface area contributed by atoms with Crippen molar-refractivity contribution in [2.24, 2.45) is 5.73 Å². The molecular weight excluding hydrogens is 450 g/mol. The Morgan fingerprint density at radius 1 is 1.03 bits per heavy atom. The summed E-state index contributed by atoms with van der Waals surface area (Å²) in [6, 6.07) is 24.4. The van der Waals surface area contributed by atoms with Gasteiger partial charge in [0.15, 0.2) is 0 Å². The molecule has 0 saturated heterocycles. The lowest BCUT2D eigenvalue weighted by Crippen LogP contribution is -2.48. The molecule has 0 spiro atoms. The van der Waals surface area contributed by atoms with Crippen molar-refractivity contribution in [1.29, 1.82) is 0 Å². The number of rotatable bonds is 6. The van der Waals surface area contributed by atoms with Gasteiger partial charge in [-0.3, -0.25) is 9.59 Å². The number of hydrogen-bond acceptors (Lipinski definition) is 4. The van der Waals surface area contributed by atoms with Gasteiger partial charge in [0.05, 0.1) is 24.0 Å². The first-order valence-electron chi connectivity index (χ1n) is 12.1. The Hall–Kier alpha value is -4.23. The summed E-state index contributed by atoms with van der Waals surface area (Å²) < 4.78 is 0. The topological polar surface area (TPSA) is 104 Å². The molecule has 4 aromatic rings. The second-order valence-corrected chi connectivity index (χ2v) is 9.09. The van der Waals surface area contributed by atoms with Crippen LogP contribution in [0.1, 0.15) is 38.9 Å². The molecular formula is C29H29N5O2. The smallest absolute Gasteiger partial charge is 0.251 e. The van der Waals surface area contributed by atoms with E-state index in [1.807, 2.05) is 65.7 Å². The van der Waals surface area contributed by atoms with E-state index in [0.717, 1.165) is 28.2 Å². The monoisotopic (exact) mass is 479 g/mol. The Balaban J connectivity index is 1.39. The minimum atomic E-state index is -0.716. The zero-order valence-corrected chi connectivity index (χ0v) is 20.1. The van der Waals surface area contributed by atoms with Crippen molar-refractivity contribution in [3.8, 4) is 11.3 Å². The molecule has 7 heteroatoms. The number of nitrogens with one attached hydrogen (secondary N) is 2. The Kier molecular flexibility index (Phi) is 6.64. The van der Waals surface area contributed by atoms with Crippen LogP contribution in [-0.2, 0) is 24.2 Å². The lowest BCUT2D eigenvalue weighted by atomic mass is 9.92. The normalized spacial score (nSPS) is 15.7. The van der Waals surface area contributed by atoms with Crippen LogP contribution in [0.4, 0.5) is 0 Å². The maximum absolute atomic E-state index is 13.7. The van der Waals surface area contributed by atoms with E-state index in [-0.39, 0.29) is 17.9 Å². The zero-order chi connectivity index (χ0) is 25.1. The third-order valence-electron chi connectivity index (χ3n) is 6.74. The van der Waals surface area contributed by atoms with E-state index in [9.17, 15) is 9.59 Å². The summed E-state index contributed by atoms with van der Waals surface area (Å²) in [6.45, 7) is 0.477. The number of hydrogen-bond donors (Lipinski definition) is 3. The van der Waals surface area contributed by atoms with Gasteiger partial charge in [-0.25, -0.2) is 4.98 Å². The van der Waals surface area contributed by atoms with Crippen molar-refractivity contribution < 1.29 is 9.59 Å². The van der Waals surface area contributed by atoms with Gasteiger partial charge in [0.25, 0.3) is 5.91 Å². The third kappa shape index (κ3) is 4.78. The fourth-order valence-electron chi connectivity index (χ4n) is 4.76. The van der Waals surface area contributed by atoms with E-state index in [4.69, 9.17) is 5.73 Å². The number of benzene rings is 3. The van der Waals surface area contributed by atoms with Gasteiger partial charge in [-0.2, -0.15) is 0 Å². The minimum absolute atomic E-state index is 0.123. The number of carbonyl (C=O) groups is 2. The van der Waals surface area contributed by atoms with Gasteiger partial charge >= 0.3 is 0 Å². The number of carbonyl (C=O) groups excluding carboxylic acids is 2. The summed E-state index contributed by atoms with van der Waals surface area (Å²) in [5.41, 5.74) is 12.2. The van der Waals surface area contributed by atoms with Gasteiger partial charge in [-0.15, -0.1) is 0 Å². The van der Waals surface area contributed by atoms with Crippen LogP contribution in [0.15, 0.2) is 85.1 Å². The SMILES string of the molecule is CNC(=O)c1ccc(C[C@H](N)C(=O)N2Cc3ccccc3C[C@H]2c2ncc(-c3ccccc3)[nH]2)cc1. The van der Waals surface area contributed by atoms with E-state index in [1.165, 1.54) is 5.56 Å². The fourth-order valence-corrected chi connectivity index (χ4v) is 4.76. The predicted octanol–water partition coefficient (Wildman–Crippen LogP) is 3.63. The highest BCUT2D eigenvalue weighted by Gasteiger charge is 2.35. The first-order chi connectivity index (χ1) is 17.5. The quantitative estimate of drug-likeness (QED) is 0.393. The van der Waals surface area contributed by atoms with Crippen LogP contribution >= 0.6 is 0 Å². The minimum Gasteiger partial charge on any atom is -0.355 e. The number of nitrogens with zero attached hydrogens (tertiary/aromatic N) is 2. The van der Waals surface area contributed by atoms with Gasteiger partial charge in [0.2, 0.25) is 5.91 Å². The molecule has 0 fully saturated rings. The highest BCUT2D eigenvalue weighted by atomic mass is 16.2. The van der Waals surface area contributed by atoms with Crippen molar-refractivity contribution >= 4 is 11.8 Å². The van der Waals surface area contributed by atoms with Crippen LogP contribution in [-0.4, -0.2) is 39.8 Å². The van der Waals surface area contributed by atoms with E-state index in [1.54, 1.807) is 19.2 Å². The third-order valence-corrected chi connectivity index (χ3v) is 6.74. The van der Waals surface area contributed by atoms with Gasteiger partial charge in [-0.1, -0.05) is 66.7 Å². The summed E-state index contributed by atoms with van der Waals surface area (Å²) in [5.74, 6) is 0.478. The van der Waals surface area contributed by atoms with Crippen LogP contribution < -0.4 is 11.1 Å². The largest absolute Gasteiger partial charge is 0.355 e. The molecule has 0 unspecified atom stereocenters. The maximum Gasteiger partial charge on any atom is 0.251 e. The Morgan fingerprint density at radius 3 is 2.44 bits per heavy atom. The van der Waals surface area contributed by atoms with Crippen molar-refractivity contribution in [3.05, 3.63) is 113 Å². The van der Waals surface area contributed by atoms with Crippen molar-refractivity contribution in [1.82, 2.24) is 20.2 Å². The van der Waals surface area contributed by atoms with E-state index in [0.29, 0.717) is 24.9 Å². The van der Waals surface area contributed by atoms with Crippen LogP contribution in [0.5, 0.6) is 0 Å². The van der Waals surface area contributed by atoms with Crippen molar-refractivity contribution in [2.45, 2.75) is 31.5 Å². The number of aromatic nitrogens is 2. The molecule has 4 N–H and O–H groups in total. The molecule has 2 atom stereocenters. The van der Waals surface area contributed by atoms with Gasteiger partial charge in [0.1, 0.15) is 5.82 Å². The lowest BCUT2D eigenvalue weighted by molar-refractivity contribution is -0.136. The summed E-state index contributed by atoms with van der Waals surface area (Å²) in [4.78, 5) is 35.5. The average Bonchev–Trinajstić information content (AvgIpc) is 3.42. The number of H-pyrrole nitrogens is 1. The number of amides is 2. The molecule has 7 nitrogen and oxygen atoms in total. The molecule has 1 aromatic heterocycles. The van der Waals surface area contributed by atoms with E-state index >= 15 is 0 Å². The van der Waals surface area contributed by atoms with Gasteiger partial charge in [0, 0.05) is 25.6 Å². The number of aromatic amines is 1. The fraction of sp³-hybridized carbons (Fsp3) is 0.207. The van der Waals surface area contributed by atoms with Crippen molar-refractivity contribution in [2.75, 3.05) is 7.05 Å². The molecule has 1 aliphatic rings. The summed E-state index contributed by atoms with van der Waals surface area (Å²) >= 11 is 0. The lowest BCUT2D eigenvalue weighted by Gasteiger charge is -2.37. The van der Waals surface area contributed by atoms with Crippen LogP contribution in [0.2, 0.25) is 0 Å². The second kappa shape index (κ2) is 10.2. The molecule has 182 valence electrons. The summed E-state index contributed by atoms with van der Waals surface area (Å²) in [7, 11) is 1.60. The highest BCUT2D eigenvalue weighted by molar-refractivity contribution is 5.94. The predicted molar refractivity (Wildman–Crippen MR) is 139 cm³/mol. The average molecular weight is 480 g/mol.